The minimum atomic E-state index is -3.48. The summed E-state index contributed by atoms with van der Waals surface area (Å²) >= 11 is 1.07. The van der Waals surface area contributed by atoms with Gasteiger partial charge >= 0.3 is 0 Å². The predicted molar refractivity (Wildman–Crippen MR) is 97.9 cm³/mol. The molecule has 1 amide bonds. The van der Waals surface area contributed by atoms with E-state index >= 15 is 0 Å². The molecular formula is C17H20N2O4S2. The summed E-state index contributed by atoms with van der Waals surface area (Å²) < 4.78 is 32.3. The standard InChI is InChI=1S/C17H20N2O4S2/c1-23-14-8-4-3-7-13(14)17(20)18-15-9-10-16(24-15)25(21,22)19-11-5-2-6-12-19/h3-4,7-10H,2,5-6,11-12H2,1H3,(H,18,20). The van der Waals surface area contributed by atoms with Gasteiger partial charge in [0.1, 0.15) is 9.96 Å². The van der Waals surface area contributed by atoms with Crippen molar-refractivity contribution >= 4 is 32.3 Å². The number of piperidine rings is 1. The molecule has 0 spiro atoms. The van der Waals surface area contributed by atoms with Gasteiger partial charge in [0, 0.05) is 13.1 Å². The lowest BCUT2D eigenvalue weighted by molar-refractivity contribution is 0.102. The number of thiophene rings is 1. The van der Waals surface area contributed by atoms with Crippen LogP contribution in [0.15, 0.2) is 40.6 Å². The van der Waals surface area contributed by atoms with Gasteiger partial charge in [-0.05, 0) is 37.1 Å². The van der Waals surface area contributed by atoms with Crippen molar-refractivity contribution in [1.82, 2.24) is 4.31 Å². The highest BCUT2D eigenvalue weighted by molar-refractivity contribution is 7.91. The molecule has 1 aromatic carbocycles. The van der Waals surface area contributed by atoms with Crippen molar-refractivity contribution < 1.29 is 17.9 Å². The number of methoxy groups -OCH3 is 1. The van der Waals surface area contributed by atoms with Crippen molar-refractivity contribution in [1.29, 1.82) is 0 Å². The maximum Gasteiger partial charge on any atom is 0.260 e. The van der Waals surface area contributed by atoms with Gasteiger partial charge in [0.25, 0.3) is 15.9 Å². The molecule has 8 heteroatoms. The minimum Gasteiger partial charge on any atom is -0.496 e. The zero-order chi connectivity index (χ0) is 17.9. The van der Waals surface area contributed by atoms with Crippen LogP contribution in [0.25, 0.3) is 0 Å². The molecule has 3 rings (SSSR count). The number of anilines is 1. The average Bonchev–Trinajstić information content (AvgIpc) is 3.11. The Hall–Kier alpha value is -1.90. The van der Waals surface area contributed by atoms with E-state index in [9.17, 15) is 13.2 Å². The fourth-order valence-electron chi connectivity index (χ4n) is 2.77. The Morgan fingerprint density at radius 3 is 2.56 bits per heavy atom. The van der Waals surface area contributed by atoms with Crippen LogP contribution in [0, 0.1) is 0 Å². The summed E-state index contributed by atoms with van der Waals surface area (Å²) in [4.78, 5) is 12.4. The number of amides is 1. The first-order chi connectivity index (χ1) is 12.0. The molecule has 1 aromatic heterocycles. The lowest BCUT2D eigenvalue weighted by Crippen LogP contribution is -2.35. The van der Waals surface area contributed by atoms with E-state index in [0.717, 1.165) is 30.6 Å². The Kier molecular flexibility index (Phi) is 5.41. The van der Waals surface area contributed by atoms with Gasteiger partial charge in [-0.3, -0.25) is 4.79 Å². The number of benzene rings is 1. The van der Waals surface area contributed by atoms with E-state index in [1.54, 1.807) is 36.4 Å². The van der Waals surface area contributed by atoms with Crippen LogP contribution in [0.4, 0.5) is 5.00 Å². The molecule has 0 radical (unpaired) electrons. The SMILES string of the molecule is COc1ccccc1C(=O)Nc1ccc(S(=O)(=O)N2CCCCC2)s1. The molecule has 6 nitrogen and oxygen atoms in total. The van der Waals surface area contributed by atoms with Gasteiger partial charge in [0.05, 0.1) is 17.7 Å². The van der Waals surface area contributed by atoms with Gasteiger partial charge in [0.15, 0.2) is 0 Å². The smallest absolute Gasteiger partial charge is 0.260 e. The Morgan fingerprint density at radius 1 is 1.12 bits per heavy atom. The van der Waals surface area contributed by atoms with Crippen molar-refractivity contribution in [2.24, 2.45) is 0 Å². The van der Waals surface area contributed by atoms with Crippen LogP contribution in [-0.2, 0) is 10.0 Å². The topological polar surface area (TPSA) is 75.7 Å². The molecule has 0 unspecified atom stereocenters. The summed E-state index contributed by atoms with van der Waals surface area (Å²) in [6.07, 6.45) is 2.85. The zero-order valence-electron chi connectivity index (χ0n) is 13.9. The van der Waals surface area contributed by atoms with Crippen LogP contribution in [0.2, 0.25) is 0 Å². The second-order valence-corrected chi connectivity index (χ2v) is 8.99. The Bertz CT molecular complexity index is 855. The highest BCUT2D eigenvalue weighted by Gasteiger charge is 2.27. The number of hydrogen-bond acceptors (Lipinski definition) is 5. The van der Waals surface area contributed by atoms with Gasteiger partial charge in [0.2, 0.25) is 0 Å². The van der Waals surface area contributed by atoms with Gasteiger partial charge in [-0.1, -0.05) is 18.6 Å². The Balaban J connectivity index is 1.76. The Morgan fingerprint density at radius 2 is 1.84 bits per heavy atom. The van der Waals surface area contributed by atoms with E-state index < -0.39 is 10.0 Å². The fourth-order valence-corrected chi connectivity index (χ4v) is 5.64. The largest absolute Gasteiger partial charge is 0.496 e. The number of nitrogens with one attached hydrogen (secondary N) is 1. The first-order valence-corrected chi connectivity index (χ1v) is 10.3. The summed E-state index contributed by atoms with van der Waals surface area (Å²) in [6, 6.07) is 10.1. The molecule has 0 bridgehead atoms. The molecule has 0 saturated carbocycles. The monoisotopic (exact) mass is 380 g/mol. The van der Waals surface area contributed by atoms with Crippen LogP contribution < -0.4 is 10.1 Å². The van der Waals surface area contributed by atoms with E-state index in [0.29, 0.717) is 29.4 Å². The van der Waals surface area contributed by atoms with Crippen LogP contribution in [0.1, 0.15) is 29.6 Å². The second-order valence-electron chi connectivity index (χ2n) is 5.74. The number of carbonyl (C=O) groups excluding carboxylic acids is 1. The molecule has 134 valence electrons. The van der Waals surface area contributed by atoms with E-state index in [1.165, 1.54) is 11.4 Å². The number of sulfonamides is 1. The molecule has 1 saturated heterocycles. The van der Waals surface area contributed by atoms with Crippen molar-refractivity contribution in [3.8, 4) is 5.75 Å². The van der Waals surface area contributed by atoms with Crippen LogP contribution >= 0.6 is 11.3 Å². The van der Waals surface area contributed by atoms with Crippen LogP contribution in [-0.4, -0.2) is 38.8 Å². The molecule has 0 atom stereocenters. The molecule has 1 aliphatic heterocycles. The first-order valence-electron chi connectivity index (χ1n) is 8.07. The van der Waals surface area contributed by atoms with Gasteiger partial charge in [-0.2, -0.15) is 4.31 Å². The lowest BCUT2D eigenvalue weighted by atomic mass is 10.2. The number of hydrogen-bond donors (Lipinski definition) is 1. The molecule has 25 heavy (non-hydrogen) atoms. The molecule has 0 aliphatic carbocycles. The van der Waals surface area contributed by atoms with E-state index in [4.69, 9.17) is 4.74 Å². The molecule has 2 aromatic rings. The van der Waals surface area contributed by atoms with Crippen molar-refractivity contribution in [3.63, 3.8) is 0 Å². The number of nitrogens with zero attached hydrogens (tertiary/aromatic N) is 1. The number of ether oxygens (including phenoxy) is 1. The summed E-state index contributed by atoms with van der Waals surface area (Å²) in [6.45, 7) is 1.12. The van der Waals surface area contributed by atoms with Gasteiger partial charge in [-0.25, -0.2) is 8.42 Å². The van der Waals surface area contributed by atoms with Crippen molar-refractivity contribution in [2.75, 3.05) is 25.5 Å². The molecule has 1 fully saturated rings. The molecule has 1 N–H and O–H groups in total. The third-order valence-corrected chi connectivity index (χ3v) is 7.45. The third kappa shape index (κ3) is 3.86. The Labute approximate surface area is 151 Å². The number of rotatable bonds is 5. The quantitative estimate of drug-likeness (QED) is 0.864. The molecule has 2 heterocycles. The number of carbonyl (C=O) groups is 1. The molecule has 1 aliphatic rings. The number of para-hydroxylation sites is 1. The van der Waals surface area contributed by atoms with E-state index in [2.05, 4.69) is 5.32 Å². The van der Waals surface area contributed by atoms with Crippen LogP contribution in [0.5, 0.6) is 5.75 Å². The summed E-state index contributed by atoms with van der Waals surface area (Å²) in [7, 11) is -1.98. The lowest BCUT2D eigenvalue weighted by Gasteiger charge is -2.25. The highest BCUT2D eigenvalue weighted by Crippen LogP contribution is 2.30. The maximum atomic E-state index is 12.7. The normalized spacial score (nSPS) is 15.7. The summed E-state index contributed by atoms with van der Waals surface area (Å²) in [5.74, 6) is 0.138. The predicted octanol–water partition coefficient (Wildman–Crippen LogP) is 3.18. The molecular weight excluding hydrogens is 360 g/mol. The second kappa shape index (κ2) is 7.55. The minimum absolute atomic E-state index is 0.254. The fraction of sp³-hybridized carbons (Fsp3) is 0.353. The first kappa shape index (κ1) is 17.9. The summed E-state index contributed by atoms with van der Waals surface area (Å²) in [5, 5.41) is 3.24. The van der Waals surface area contributed by atoms with Crippen molar-refractivity contribution in [3.05, 3.63) is 42.0 Å². The van der Waals surface area contributed by atoms with Gasteiger partial charge in [-0.15, -0.1) is 11.3 Å². The van der Waals surface area contributed by atoms with Crippen molar-refractivity contribution in [2.45, 2.75) is 23.5 Å². The average molecular weight is 380 g/mol. The third-order valence-electron chi connectivity index (χ3n) is 4.08. The van der Waals surface area contributed by atoms with Crippen LogP contribution in [0.3, 0.4) is 0 Å². The summed E-state index contributed by atoms with van der Waals surface area (Å²) in [5.41, 5.74) is 0.402. The highest BCUT2D eigenvalue weighted by atomic mass is 32.2. The maximum absolute atomic E-state index is 12.7. The van der Waals surface area contributed by atoms with E-state index in [-0.39, 0.29) is 10.1 Å². The zero-order valence-corrected chi connectivity index (χ0v) is 15.5. The van der Waals surface area contributed by atoms with E-state index in [1.807, 2.05) is 0 Å². The van der Waals surface area contributed by atoms with Gasteiger partial charge < -0.3 is 10.1 Å².